The van der Waals surface area contributed by atoms with Crippen LogP contribution in [-0.4, -0.2) is 30.4 Å². The molecule has 0 heterocycles. The van der Waals surface area contributed by atoms with Gasteiger partial charge in [0.1, 0.15) is 0 Å². The van der Waals surface area contributed by atoms with E-state index in [0.29, 0.717) is 6.54 Å². The molecule has 0 radical (unpaired) electrons. The molecule has 0 fully saturated rings. The summed E-state index contributed by atoms with van der Waals surface area (Å²) in [6, 6.07) is 8.23. The molecule has 0 aliphatic rings. The van der Waals surface area contributed by atoms with Gasteiger partial charge in [0.15, 0.2) is 0 Å². The summed E-state index contributed by atoms with van der Waals surface area (Å²) in [7, 11) is 3.64. The SMILES string of the molecule is CNC(C)(C)C(=O)N(C)Cc1cccc(C)c1. The van der Waals surface area contributed by atoms with Crippen molar-refractivity contribution in [1.82, 2.24) is 10.2 Å². The smallest absolute Gasteiger partial charge is 0.242 e. The van der Waals surface area contributed by atoms with Crippen LogP contribution in [0.3, 0.4) is 0 Å². The molecule has 3 nitrogen and oxygen atoms in total. The summed E-state index contributed by atoms with van der Waals surface area (Å²) in [5, 5.41) is 3.03. The molecule has 0 saturated heterocycles. The maximum absolute atomic E-state index is 12.1. The molecule has 17 heavy (non-hydrogen) atoms. The zero-order valence-corrected chi connectivity index (χ0v) is 11.4. The highest BCUT2D eigenvalue weighted by atomic mass is 16.2. The van der Waals surface area contributed by atoms with E-state index in [1.807, 2.05) is 33.0 Å². The van der Waals surface area contributed by atoms with Gasteiger partial charge >= 0.3 is 0 Å². The highest BCUT2D eigenvalue weighted by molar-refractivity contribution is 5.85. The summed E-state index contributed by atoms with van der Waals surface area (Å²) >= 11 is 0. The molecule has 0 spiro atoms. The average Bonchev–Trinajstić information content (AvgIpc) is 2.28. The summed E-state index contributed by atoms with van der Waals surface area (Å²) in [5.41, 5.74) is 1.86. The molecule has 1 aromatic carbocycles. The minimum absolute atomic E-state index is 0.0986. The molecule has 0 saturated carbocycles. The van der Waals surface area contributed by atoms with Crippen LogP contribution in [0.1, 0.15) is 25.0 Å². The molecule has 1 amide bonds. The summed E-state index contributed by atoms with van der Waals surface area (Å²) < 4.78 is 0. The second-order valence-corrected chi connectivity index (χ2v) is 5.03. The van der Waals surface area contributed by atoms with Crippen LogP contribution in [0.5, 0.6) is 0 Å². The van der Waals surface area contributed by atoms with Gasteiger partial charge in [-0.2, -0.15) is 0 Å². The molecule has 1 rings (SSSR count). The molecule has 94 valence electrons. The number of aryl methyl sites for hydroxylation is 1. The second-order valence-electron chi connectivity index (χ2n) is 5.03. The predicted molar refractivity (Wildman–Crippen MR) is 70.8 cm³/mol. The van der Waals surface area contributed by atoms with E-state index in [1.165, 1.54) is 5.56 Å². The van der Waals surface area contributed by atoms with E-state index < -0.39 is 5.54 Å². The van der Waals surface area contributed by atoms with E-state index in [1.54, 1.807) is 11.9 Å². The van der Waals surface area contributed by atoms with E-state index in [0.717, 1.165) is 5.56 Å². The van der Waals surface area contributed by atoms with Gasteiger partial charge in [0.05, 0.1) is 5.54 Å². The Morgan fingerprint density at radius 2 is 2.06 bits per heavy atom. The topological polar surface area (TPSA) is 32.3 Å². The minimum Gasteiger partial charge on any atom is -0.340 e. The summed E-state index contributed by atoms with van der Waals surface area (Å²) in [6.07, 6.45) is 0. The first-order chi connectivity index (χ1) is 7.86. The molecule has 0 atom stereocenters. The van der Waals surface area contributed by atoms with Crippen molar-refractivity contribution in [2.45, 2.75) is 32.9 Å². The van der Waals surface area contributed by atoms with E-state index in [9.17, 15) is 4.79 Å². The Morgan fingerprint density at radius 1 is 1.41 bits per heavy atom. The number of hydrogen-bond acceptors (Lipinski definition) is 2. The van der Waals surface area contributed by atoms with Gasteiger partial charge in [-0.15, -0.1) is 0 Å². The zero-order valence-electron chi connectivity index (χ0n) is 11.4. The minimum atomic E-state index is -0.515. The van der Waals surface area contributed by atoms with Gasteiger partial charge < -0.3 is 10.2 Å². The van der Waals surface area contributed by atoms with Crippen LogP contribution in [-0.2, 0) is 11.3 Å². The molecule has 0 aliphatic heterocycles. The maximum Gasteiger partial charge on any atom is 0.242 e. The standard InChI is InChI=1S/C14H22N2O/c1-11-7-6-8-12(9-11)10-16(5)13(17)14(2,3)15-4/h6-9,15H,10H2,1-5H3. The van der Waals surface area contributed by atoms with Crippen LogP contribution >= 0.6 is 0 Å². The van der Waals surface area contributed by atoms with Crippen LogP contribution in [0, 0.1) is 6.92 Å². The lowest BCUT2D eigenvalue weighted by Crippen LogP contribution is -2.51. The first-order valence-electron chi connectivity index (χ1n) is 5.87. The zero-order chi connectivity index (χ0) is 13.1. The van der Waals surface area contributed by atoms with Crippen molar-refractivity contribution in [3.8, 4) is 0 Å². The van der Waals surface area contributed by atoms with Crippen molar-refractivity contribution in [3.63, 3.8) is 0 Å². The Balaban J connectivity index is 2.73. The number of hydrogen-bond donors (Lipinski definition) is 1. The predicted octanol–water partition coefficient (Wildman–Crippen LogP) is 1.95. The molecule has 1 N–H and O–H groups in total. The first kappa shape index (κ1) is 13.7. The molecular formula is C14H22N2O. The summed E-state index contributed by atoms with van der Waals surface area (Å²) in [4.78, 5) is 13.9. The number of carbonyl (C=O) groups is 1. The lowest BCUT2D eigenvalue weighted by Gasteiger charge is -2.29. The number of amides is 1. The van der Waals surface area contributed by atoms with Crippen molar-refractivity contribution >= 4 is 5.91 Å². The van der Waals surface area contributed by atoms with Gasteiger partial charge in [0.2, 0.25) is 5.91 Å². The monoisotopic (exact) mass is 234 g/mol. The summed E-state index contributed by atoms with van der Waals surface area (Å²) in [6.45, 7) is 6.48. The third kappa shape index (κ3) is 3.56. The second kappa shape index (κ2) is 5.32. The highest BCUT2D eigenvalue weighted by Gasteiger charge is 2.28. The Hall–Kier alpha value is -1.35. The van der Waals surface area contributed by atoms with Gasteiger partial charge in [0.25, 0.3) is 0 Å². The van der Waals surface area contributed by atoms with E-state index in [2.05, 4.69) is 24.4 Å². The Kier molecular flexibility index (Phi) is 4.29. The third-order valence-corrected chi connectivity index (χ3v) is 3.01. The van der Waals surface area contributed by atoms with Crippen LogP contribution in [0.15, 0.2) is 24.3 Å². The van der Waals surface area contributed by atoms with Crippen molar-refractivity contribution in [2.24, 2.45) is 0 Å². The first-order valence-corrected chi connectivity index (χ1v) is 5.87. The molecule has 1 aromatic rings. The highest BCUT2D eigenvalue weighted by Crippen LogP contribution is 2.11. The van der Waals surface area contributed by atoms with Gasteiger partial charge in [-0.3, -0.25) is 4.79 Å². The van der Waals surface area contributed by atoms with E-state index >= 15 is 0 Å². The largest absolute Gasteiger partial charge is 0.340 e. The molecule has 0 unspecified atom stereocenters. The maximum atomic E-state index is 12.1. The van der Waals surface area contributed by atoms with Crippen molar-refractivity contribution in [3.05, 3.63) is 35.4 Å². The van der Waals surface area contributed by atoms with Crippen LogP contribution in [0.2, 0.25) is 0 Å². The summed E-state index contributed by atoms with van der Waals surface area (Å²) in [5.74, 6) is 0.0986. The van der Waals surface area contributed by atoms with E-state index in [4.69, 9.17) is 0 Å². The fraction of sp³-hybridized carbons (Fsp3) is 0.500. The number of nitrogens with one attached hydrogen (secondary N) is 1. The fourth-order valence-electron chi connectivity index (χ4n) is 1.74. The molecular weight excluding hydrogens is 212 g/mol. The van der Waals surface area contributed by atoms with Gasteiger partial charge in [-0.1, -0.05) is 29.8 Å². The molecule has 3 heteroatoms. The lowest BCUT2D eigenvalue weighted by molar-refractivity contribution is -0.136. The number of carbonyl (C=O) groups excluding carboxylic acids is 1. The van der Waals surface area contributed by atoms with Crippen LogP contribution in [0.4, 0.5) is 0 Å². The van der Waals surface area contributed by atoms with Gasteiger partial charge in [-0.05, 0) is 33.4 Å². The van der Waals surface area contributed by atoms with Crippen LogP contribution < -0.4 is 5.32 Å². The number of nitrogens with zero attached hydrogens (tertiary/aromatic N) is 1. The van der Waals surface area contributed by atoms with Crippen molar-refractivity contribution in [1.29, 1.82) is 0 Å². The Bertz CT molecular complexity index is 399. The Morgan fingerprint density at radius 3 is 2.59 bits per heavy atom. The third-order valence-electron chi connectivity index (χ3n) is 3.01. The number of likely N-dealkylation sites (N-methyl/N-ethyl adjacent to an activating group) is 2. The quantitative estimate of drug-likeness (QED) is 0.863. The Labute approximate surface area is 104 Å². The van der Waals surface area contributed by atoms with Crippen molar-refractivity contribution in [2.75, 3.05) is 14.1 Å². The number of rotatable bonds is 4. The van der Waals surface area contributed by atoms with Crippen LogP contribution in [0.25, 0.3) is 0 Å². The normalized spacial score (nSPS) is 11.4. The fourth-order valence-corrected chi connectivity index (χ4v) is 1.74. The average molecular weight is 234 g/mol. The molecule has 0 aliphatic carbocycles. The number of benzene rings is 1. The van der Waals surface area contributed by atoms with Crippen molar-refractivity contribution < 1.29 is 4.79 Å². The molecule has 0 bridgehead atoms. The lowest BCUT2D eigenvalue weighted by atomic mass is 10.0. The van der Waals surface area contributed by atoms with Gasteiger partial charge in [0, 0.05) is 13.6 Å². The van der Waals surface area contributed by atoms with E-state index in [-0.39, 0.29) is 5.91 Å². The molecule has 0 aromatic heterocycles. The van der Waals surface area contributed by atoms with Gasteiger partial charge in [-0.25, -0.2) is 0 Å².